The molecule has 0 saturated carbocycles. The maximum absolute atomic E-state index is 12.3. The maximum atomic E-state index is 12.3. The quantitative estimate of drug-likeness (QED) is 0.852. The van der Waals surface area contributed by atoms with E-state index in [0.717, 1.165) is 12.8 Å². The first-order valence-electron chi connectivity index (χ1n) is 7.37. The predicted molar refractivity (Wildman–Crippen MR) is 83.1 cm³/mol. The number of anilines is 1. The highest BCUT2D eigenvalue weighted by atomic mass is 35.5. The van der Waals surface area contributed by atoms with Crippen molar-refractivity contribution in [1.82, 2.24) is 4.90 Å². The number of benzene rings is 1. The SMILES string of the molecule is C[C@@H](O)C[C@@H]1CCCN1C(=O)Nc1ccc(Cl)c(OC(F)F)c1. The molecule has 2 amide bonds. The highest BCUT2D eigenvalue weighted by molar-refractivity contribution is 6.32. The first-order chi connectivity index (χ1) is 10.9. The van der Waals surface area contributed by atoms with Crippen molar-refractivity contribution in [2.24, 2.45) is 0 Å². The third kappa shape index (κ3) is 4.94. The van der Waals surface area contributed by atoms with Gasteiger partial charge in [-0.05, 0) is 38.3 Å². The van der Waals surface area contributed by atoms with E-state index in [1.54, 1.807) is 11.8 Å². The zero-order valence-corrected chi connectivity index (χ0v) is 13.4. The first-order valence-corrected chi connectivity index (χ1v) is 7.74. The largest absolute Gasteiger partial charge is 0.433 e. The Morgan fingerprint density at radius 3 is 2.96 bits per heavy atom. The lowest BCUT2D eigenvalue weighted by Crippen LogP contribution is -2.40. The smallest absolute Gasteiger partial charge is 0.387 e. The number of rotatable bonds is 5. The fraction of sp³-hybridized carbons (Fsp3) is 0.533. The molecule has 128 valence electrons. The van der Waals surface area contributed by atoms with Gasteiger partial charge in [0, 0.05) is 24.3 Å². The van der Waals surface area contributed by atoms with Crippen LogP contribution >= 0.6 is 11.6 Å². The van der Waals surface area contributed by atoms with Crippen LogP contribution in [0.25, 0.3) is 0 Å². The maximum Gasteiger partial charge on any atom is 0.387 e. The molecular formula is C15H19ClF2N2O3. The monoisotopic (exact) mass is 348 g/mol. The van der Waals surface area contributed by atoms with Gasteiger partial charge in [0.15, 0.2) is 0 Å². The molecule has 2 rings (SSSR count). The van der Waals surface area contributed by atoms with E-state index < -0.39 is 12.7 Å². The predicted octanol–water partition coefficient (Wildman–Crippen LogP) is 3.71. The van der Waals surface area contributed by atoms with Gasteiger partial charge in [-0.3, -0.25) is 0 Å². The summed E-state index contributed by atoms with van der Waals surface area (Å²) >= 11 is 5.78. The van der Waals surface area contributed by atoms with E-state index in [0.29, 0.717) is 18.7 Å². The van der Waals surface area contributed by atoms with Crippen LogP contribution in [-0.4, -0.2) is 41.3 Å². The van der Waals surface area contributed by atoms with Crippen LogP contribution in [0.2, 0.25) is 5.02 Å². The molecule has 2 atom stereocenters. The number of amides is 2. The Kier molecular flexibility index (Phi) is 6.01. The van der Waals surface area contributed by atoms with Gasteiger partial charge in [-0.15, -0.1) is 0 Å². The summed E-state index contributed by atoms with van der Waals surface area (Å²) in [6.45, 7) is -0.717. The molecule has 1 aromatic rings. The van der Waals surface area contributed by atoms with Crippen LogP contribution in [0, 0.1) is 0 Å². The molecule has 0 aliphatic carbocycles. The number of hydrogen-bond donors (Lipinski definition) is 2. The Labute approximate surface area is 138 Å². The van der Waals surface area contributed by atoms with Crippen LogP contribution in [0.15, 0.2) is 18.2 Å². The number of aliphatic hydroxyl groups is 1. The topological polar surface area (TPSA) is 61.8 Å². The molecule has 2 N–H and O–H groups in total. The van der Waals surface area contributed by atoms with Crippen LogP contribution in [-0.2, 0) is 0 Å². The van der Waals surface area contributed by atoms with Gasteiger partial charge in [0.25, 0.3) is 0 Å². The molecule has 0 bridgehead atoms. The summed E-state index contributed by atoms with van der Waals surface area (Å²) in [5.41, 5.74) is 0.317. The lowest BCUT2D eigenvalue weighted by atomic mass is 10.1. The van der Waals surface area contributed by atoms with E-state index in [1.165, 1.54) is 18.2 Å². The standard InChI is InChI=1S/C15H19ClF2N2O3/c1-9(21)7-11-3-2-6-20(11)15(22)19-10-4-5-12(16)13(8-10)23-14(17)18/h4-5,8-9,11,14,21H,2-3,6-7H2,1H3,(H,19,22)/t9-,11+/m1/s1. The summed E-state index contributed by atoms with van der Waals surface area (Å²) in [5, 5.41) is 12.2. The van der Waals surface area contributed by atoms with Gasteiger partial charge in [0.2, 0.25) is 0 Å². The summed E-state index contributed by atoms with van der Waals surface area (Å²) in [7, 11) is 0. The highest BCUT2D eigenvalue weighted by Crippen LogP contribution is 2.30. The minimum absolute atomic E-state index is 0.0286. The van der Waals surface area contributed by atoms with Crippen molar-refractivity contribution >= 4 is 23.3 Å². The molecule has 0 radical (unpaired) electrons. The summed E-state index contributed by atoms with van der Waals surface area (Å²) in [6.07, 6.45) is 1.72. The molecular weight excluding hydrogens is 330 g/mol. The number of urea groups is 1. The third-order valence-electron chi connectivity index (χ3n) is 3.65. The zero-order chi connectivity index (χ0) is 17.0. The van der Waals surface area contributed by atoms with Crippen molar-refractivity contribution in [1.29, 1.82) is 0 Å². The molecule has 1 aliphatic rings. The molecule has 1 heterocycles. The second kappa shape index (κ2) is 7.79. The van der Waals surface area contributed by atoms with Gasteiger partial charge in [-0.25, -0.2) is 4.79 Å². The second-order valence-corrected chi connectivity index (χ2v) is 5.94. The van der Waals surface area contributed by atoms with Crippen LogP contribution in [0.5, 0.6) is 5.75 Å². The average Bonchev–Trinajstić information content (AvgIpc) is 2.89. The number of likely N-dealkylation sites (tertiary alicyclic amines) is 1. The Hall–Kier alpha value is -1.60. The molecule has 1 saturated heterocycles. The summed E-state index contributed by atoms with van der Waals surface area (Å²) in [5.74, 6) is -0.193. The molecule has 0 spiro atoms. The normalized spacial score (nSPS) is 19.0. The van der Waals surface area contributed by atoms with E-state index in [1.807, 2.05) is 0 Å². The number of halogens is 3. The molecule has 0 unspecified atom stereocenters. The number of alkyl halides is 2. The number of ether oxygens (including phenoxy) is 1. The fourth-order valence-electron chi connectivity index (χ4n) is 2.70. The van der Waals surface area contributed by atoms with Crippen LogP contribution < -0.4 is 10.1 Å². The van der Waals surface area contributed by atoms with Gasteiger partial charge in [-0.1, -0.05) is 11.6 Å². The fourth-order valence-corrected chi connectivity index (χ4v) is 2.87. The molecule has 5 nitrogen and oxygen atoms in total. The van der Waals surface area contributed by atoms with Gasteiger partial charge in [0.1, 0.15) is 5.75 Å². The lowest BCUT2D eigenvalue weighted by Gasteiger charge is -2.26. The molecule has 1 fully saturated rings. The Balaban J connectivity index is 2.05. The van der Waals surface area contributed by atoms with Gasteiger partial charge >= 0.3 is 12.6 Å². The van der Waals surface area contributed by atoms with Crippen LogP contribution in [0.4, 0.5) is 19.3 Å². The molecule has 8 heteroatoms. The minimum Gasteiger partial charge on any atom is -0.433 e. The Morgan fingerprint density at radius 1 is 1.57 bits per heavy atom. The van der Waals surface area contributed by atoms with Gasteiger partial charge in [0.05, 0.1) is 11.1 Å². The highest BCUT2D eigenvalue weighted by Gasteiger charge is 2.29. The van der Waals surface area contributed by atoms with Gasteiger partial charge < -0.3 is 20.1 Å². The Bertz CT molecular complexity index is 558. The van der Waals surface area contributed by atoms with Gasteiger partial charge in [-0.2, -0.15) is 8.78 Å². The molecule has 1 aliphatic heterocycles. The Morgan fingerprint density at radius 2 is 2.30 bits per heavy atom. The molecule has 1 aromatic carbocycles. The summed E-state index contributed by atoms with van der Waals surface area (Å²) < 4.78 is 28.9. The second-order valence-electron chi connectivity index (χ2n) is 5.53. The van der Waals surface area contributed by atoms with Crippen molar-refractivity contribution in [3.05, 3.63) is 23.2 Å². The third-order valence-corrected chi connectivity index (χ3v) is 3.96. The number of nitrogens with zero attached hydrogens (tertiary/aromatic N) is 1. The lowest BCUT2D eigenvalue weighted by molar-refractivity contribution is -0.0497. The number of hydrogen-bond acceptors (Lipinski definition) is 3. The molecule has 23 heavy (non-hydrogen) atoms. The van der Waals surface area contributed by atoms with E-state index in [4.69, 9.17) is 11.6 Å². The van der Waals surface area contributed by atoms with Crippen molar-refractivity contribution in [3.63, 3.8) is 0 Å². The minimum atomic E-state index is -2.99. The summed E-state index contributed by atoms with van der Waals surface area (Å²) in [4.78, 5) is 14.0. The first kappa shape index (κ1) is 17.7. The van der Waals surface area contributed by atoms with Crippen molar-refractivity contribution in [2.45, 2.75) is 44.9 Å². The van der Waals surface area contributed by atoms with Crippen LogP contribution in [0.3, 0.4) is 0 Å². The molecule has 0 aromatic heterocycles. The van der Waals surface area contributed by atoms with E-state index in [2.05, 4.69) is 10.1 Å². The van der Waals surface area contributed by atoms with Crippen molar-refractivity contribution in [2.75, 3.05) is 11.9 Å². The van der Waals surface area contributed by atoms with Crippen LogP contribution in [0.1, 0.15) is 26.2 Å². The van der Waals surface area contributed by atoms with E-state index >= 15 is 0 Å². The number of aliphatic hydroxyl groups excluding tert-OH is 1. The number of nitrogens with one attached hydrogen (secondary N) is 1. The number of carbonyl (C=O) groups excluding carboxylic acids is 1. The van der Waals surface area contributed by atoms with E-state index in [-0.39, 0.29) is 22.8 Å². The average molecular weight is 349 g/mol. The van der Waals surface area contributed by atoms with Crippen molar-refractivity contribution in [3.8, 4) is 5.75 Å². The van der Waals surface area contributed by atoms with E-state index in [9.17, 15) is 18.7 Å². The zero-order valence-electron chi connectivity index (χ0n) is 12.6. The van der Waals surface area contributed by atoms with Crippen molar-refractivity contribution < 1.29 is 23.4 Å². The summed E-state index contributed by atoms with van der Waals surface area (Å²) in [6, 6.07) is 3.79. The number of carbonyl (C=O) groups is 1.